The van der Waals surface area contributed by atoms with Crippen molar-refractivity contribution in [3.05, 3.63) is 51.4 Å². The maximum atomic E-state index is 13.0. The number of aromatic nitrogens is 2. The molecule has 1 saturated heterocycles. The van der Waals surface area contributed by atoms with Crippen LogP contribution in [0.5, 0.6) is 0 Å². The molecule has 3 heterocycles. The van der Waals surface area contributed by atoms with Crippen LogP contribution in [0, 0.1) is 13.8 Å². The SMILES string of the molecule is Cc1sc2ncn(CCC(=O)Nc3cccc(S(=O)(=O)N4CCCCCC4)c3)c(=O)c2c1C. The molecule has 4 rings (SSSR count). The van der Waals surface area contributed by atoms with Crippen LogP contribution < -0.4 is 10.9 Å². The highest BCUT2D eigenvalue weighted by atomic mass is 32.2. The first-order valence-electron chi connectivity index (χ1n) is 11.1. The molecule has 0 atom stereocenters. The predicted molar refractivity (Wildman–Crippen MR) is 130 cm³/mol. The van der Waals surface area contributed by atoms with Crippen LogP contribution in [-0.2, 0) is 21.4 Å². The highest BCUT2D eigenvalue weighted by Gasteiger charge is 2.25. The normalized spacial score (nSPS) is 15.5. The first kappa shape index (κ1) is 23.6. The summed E-state index contributed by atoms with van der Waals surface area (Å²) in [6.07, 6.45) is 5.35. The van der Waals surface area contributed by atoms with Crippen molar-refractivity contribution < 1.29 is 13.2 Å². The zero-order chi connectivity index (χ0) is 23.6. The van der Waals surface area contributed by atoms with E-state index in [1.54, 1.807) is 18.2 Å². The summed E-state index contributed by atoms with van der Waals surface area (Å²) in [5.74, 6) is -0.301. The zero-order valence-electron chi connectivity index (χ0n) is 18.8. The highest BCUT2D eigenvalue weighted by molar-refractivity contribution is 7.89. The van der Waals surface area contributed by atoms with Crippen LogP contribution in [0.1, 0.15) is 42.5 Å². The van der Waals surface area contributed by atoms with E-state index in [1.807, 2.05) is 13.8 Å². The molecule has 8 nitrogen and oxygen atoms in total. The summed E-state index contributed by atoms with van der Waals surface area (Å²) in [6.45, 7) is 5.10. The standard InChI is InChI=1S/C23H28N4O4S2/c1-16-17(2)32-22-21(16)23(29)26(15-24-22)13-10-20(28)25-18-8-7-9-19(14-18)33(30,31)27-11-5-3-4-6-12-27/h7-9,14-15H,3-6,10-13H2,1-2H3,(H,25,28). The molecule has 10 heteroatoms. The number of hydrogen-bond acceptors (Lipinski definition) is 6. The summed E-state index contributed by atoms with van der Waals surface area (Å²) in [4.78, 5) is 31.6. The molecule has 0 spiro atoms. The van der Waals surface area contributed by atoms with Crippen molar-refractivity contribution in [3.63, 3.8) is 0 Å². The van der Waals surface area contributed by atoms with E-state index in [4.69, 9.17) is 0 Å². The smallest absolute Gasteiger partial charge is 0.262 e. The van der Waals surface area contributed by atoms with E-state index < -0.39 is 10.0 Å². The largest absolute Gasteiger partial charge is 0.326 e. The molecule has 33 heavy (non-hydrogen) atoms. The van der Waals surface area contributed by atoms with Crippen molar-refractivity contribution >= 4 is 43.2 Å². The lowest BCUT2D eigenvalue weighted by molar-refractivity contribution is -0.116. The number of carbonyl (C=O) groups is 1. The van der Waals surface area contributed by atoms with E-state index in [9.17, 15) is 18.0 Å². The highest BCUT2D eigenvalue weighted by Crippen LogP contribution is 2.25. The van der Waals surface area contributed by atoms with Gasteiger partial charge in [-0.25, -0.2) is 13.4 Å². The summed E-state index contributed by atoms with van der Waals surface area (Å²) < 4.78 is 29.0. The van der Waals surface area contributed by atoms with Crippen LogP contribution in [-0.4, -0.2) is 41.3 Å². The van der Waals surface area contributed by atoms with Crippen LogP contribution in [0.15, 0.2) is 40.3 Å². The Morgan fingerprint density at radius 1 is 1.15 bits per heavy atom. The van der Waals surface area contributed by atoms with Crippen molar-refractivity contribution in [1.82, 2.24) is 13.9 Å². The fourth-order valence-corrected chi connectivity index (χ4v) is 6.59. The number of benzene rings is 1. The van der Waals surface area contributed by atoms with Crippen LogP contribution in [0.4, 0.5) is 5.69 Å². The number of hydrogen-bond donors (Lipinski definition) is 1. The van der Waals surface area contributed by atoms with Gasteiger partial charge in [0, 0.05) is 36.6 Å². The Morgan fingerprint density at radius 2 is 1.88 bits per heavy atom. The number of amides is 1. The Labute approximate surface area is 197 Å². The fraction of sp³-hybridized carbons (Fsp3) is 0.435. The second-order valence-corrected chi connectivity index (χ2v) is 11.5. The average Bonchev–Trinajstić information content (AvgIpc) is 2.97. The minimum atomic E-state index is -3.60. The van der Waals surface area contributed by atoms with Crippen molar-refractivity contribution in [2.45, 2.75) is 57.4 Å². The van der Waals surface area contributed by atoms with Gasteiger partial charge in [-0.15, -0.1) is 11.3 Å². The second-order valence-electron chi connectivity index (χ2n) is 8.35. The third kappa shape index (κ3) is 5.02. The van der Waals surface area contributed by atoms with E-state index >= 15 is 0 Å². The van der Waals surface area contributed by atoms with Crippen molar-refractivity contribution in [3.8, 4) is 0 Å². The Kier molecular flexibility index (Phi) is 6.96. The van der Waals surface area contributed by atoms with Gasteiger partial charge in [0.1, 0.15) is 4.83 Å². The molecule has 1 aliphatic heterocycles. The van der Waals surface area contributed by atoms with Crippen LogP contribution in [0.25, 0.3) is 10.2 Å². The van der Waals surface area contributed by atoms with Gasteiger partial charge >= 0.3 is 0 Å². The molecular formula is C23H28N4O4S2. The number of sulfonamides is 1. The van der Waals surface area contributed by atoms with E-state index in [0.29, 0.717) is 29.0 Å². The number of nitrogens with zero attached hydrogens (tertiary/aromatic N) is 3. The van der Waals surface area contributed by atoms with Crippen LogP contribution in [0.3, 0.4) is 0 Å². The van der Waals surface area contributed by atoms with E-state index in [2.05, 4.69) is 10.3 Å². The fourth-order valence-electron chi connectivity index (χ4n) is 4.04. The second kappa shape index (κ2) is 9.74. The number of rotatable bonds is 6. The summed E-state index contributed by atoms with van der Waals surface area (Å²) >= 11 is 1.49. The molecule has 0 aliphatic carbocycles. The molecular weight excluding hydrogens is 460 g/mol. The van der Waals surface area contributed by atoms with Gasteiger partial charge in [0.25, 0.3) is 5.56 Å². The first-order valence-corrected chi connectivity index (χ1v) is 13.4. The molecule has 1 fully saturated rings. The monoisotopic (exact) mass is 488 g/mol. The summed E-state index contributed by atoms with van der Waals surface area (Å²) in [6, 6.07) is 6.35. The van der Waals surface area contributed by atoms with E-state index in [0.717, 1.165) is 36.1 Å². The molecule has 1 aromatic carbocycles. The van der Waals surface area contributed by atoms with Crippen LogP contribution >= 0.6 is 11.3 Å². The molecule has 1 amide bonds. The van der Waals surface area contributed by atoms with Crippen molar-refractivity contribution in [1.29, 1.82) is 0 Å². The molecule has 0 bridgehead atoms. The van der Waals surface area contributed by atoms with Crippen molar-refractivity contribution in [2.75, 3.05) is 18.4 Å². The van der Waals surface area contributed by atoms with Crippen molar-refractivity contribution in [2.24, 2.45) is 0 Å². The number of aryl methyl sites for hydroxylation is 3. The first-order chi connectivity index (χ1) is 15.8. The Hall–Kier alpha value is -2.56. The maximum Gasteiger partial charge on any atom is 0.262 e. The third-order valence-corrected chi connectivity index (χ3v) is 9.07. The molecule has 1 aliphatic rings. The van der Waals surface area contributed by atoms with Gasteiger partial charge in [-0.2, -0.15) is 4.31 Å². The predicted octanol–water partition coefficient (Wildman–Crippen LogP) is 3.67. The Morgan fingerprint density at radius 3 is 2.61 bits per heavy atom. The molecule has 0 unspecified atom stereocenters. The molecule has 2 aromatic heterocycles. The number of thiophene rings is 1. The quantitative estimate of drug-likeness (QED) is 0.571. The Balaban J connectivity index is 1.44. The minimum absolute atomic E-state index is 0.0678. The lowest BCUT2D eigenvalue weighted by Crippen LogP contribution is -2.32. The number of carbonyl (C=O) groups excluding carboxylic acids is 1. The molecule has 0 radical (unpaired) electrons. The van der Waals surface area contributed by atoms with Gasteiger partial charge in [-0.05, 0) is 50.5 Å². The van der Waals surface area contributed by atoms with Gasteiger partial charge in [0.2, 0.25) is 15.9 Å². The lowest BCUT2D eigenvalue weighted by atomic mass is 10.2. The maximum absolute atomic E-state index is 13.0. The number of anilines is 1. The van der Waals surface area contributed by atoms with Gasteiger partial charge < -0.3 is 5.32 Å². The van der Waals surface area contributed by atoms with E-state index in [-0.39, 0.29) is 29.3 Å². The summed E-state index contributed by atoms with van der Waals surface area (Å²) in [5, 5.41) is 3.36. The lowest BCUT2D eigenvalue weighted by Gasteiger charge is -2.20. The van der Waals surface area contributed by atoms with Gasteiger partial charge in [0.05, 0.1) is 16.6 Å². The molecule has 176 valence electrons. The summed E-state index contributed by atoms with van der Waals surface area (Å²) in [7, 11) is -3.60. The summed E-state index contributed by atoms with van der Waals surface area (Å²) in [5.41, 5.74) is 1.19. The number of fused-ring (bicyclic) bond motifs is 1. The van der Waals surface area contributed by atoms with Crippen LogP contribution in [0.2, 0.25) is 0 Å². The van der Waals surface area contributed by atoms with Gasteiger partial charge in [-0.1, -0.05) is 18.9 Å². The number of nitrogens with one attached hydrogen (secondary N) is 1. The Bertz CT molecular complexity index is 1340. The third-order valence-electron chi connectivity index (χ3n) is 6.06. The average molecular weight is 489 g/mol. The van der Waals surface area contributed by atoms with E-state index in [1.165, 1.54) is 32.6 Å². The molecule has 3 aromatic rings. The molecule has 0 saturated carbocycles. The topological polar surface area (TPSA) is 101 Å². The zero-order valence-corrected chi connectivity index (χ0v) is 20.5. The van der Waals surface area contributed by atoms with Gasteiger partial charge in [-0.3, -0.25) is 14.2 Å². The molecule has 1 N–H and O–H groups in total. The minimum Gasteiger partial charge on any atom is -0.326 e. The van der Waals surface area contributed by atoms with Gasteiger partial charge in [0.15, 0.2) is 0 Å².